The first-order chi connectivity index (χ1) is 7.70. The van der Waals surface area contributed by atoms with Gasteiger partial charge in [0.15, 0.2) is 0 Å². The van der Waals surface area contributed by atoms with E-state index in [4.69, 9.17) is 5.73 Å². The van der Waals surface area contributed by atoms with Crippen molar-refractivity contribution in [3.8, 4) is 0 Å². The molecule has 2 rings (SSSR count). The molecule has 6 heteroatoms. The summed E-state index contributed by atoms with van der Waals surface area (Å²) in [6.45, 7) is 4.37. The van der Waals surface area contributed by atoms with Gasteiger partial charge in [0.2, 0.25) is 5.16 Å². The molecule has 5 nitrogen and oxygen atoms in total. The first-order valence-corrected chi connectivity index (χ1v) is 5.73. The highest BCUT2D eigenvalue weighted by Gasteiger charge is 2.09. The van der Waals surface area contributed by atoms with Crippen LogP contribution in [0.25, 0.3) is 0 Å². The van der Waals surface area contributed by atoms with Gasteiger partial charge in [0.1, 0.15) is 10.9 Å². The molecule has 0 aromatic carbocycles. The number of nitrogens with zero attached hydrogens (tertiary/aromatic N) is 3. The molecule has 84 valence electrons. The summed E-state index contributed by atoms with van der Waals surface area (Å²) in [4.78, 5) is 8.53. The zero-order valence-corrected chi connectivity index (χ0v) is 10.0. The van der Waals surface area contributed by atoms with Gasteiger partial charge in [0.05, 0.1) is 0 Å². The van der Waals surface area contributed by atoms with E-state index in [1.807, 2.05) is 19.9 Å². The average molecular weight is 235 g/mol. The van der Waals surface area contributed by atoms with Crippen molar-refractivity contribution in [1.29, 1.82) is 0 Å². The summed E-state index contributed by atoms with van der Waals surface area (Å²) in [5.74, 6) is 0.796. The molecule has 0 unspecified atom stereocenters. The minimum atomic E-state index is 0.478. The Morgan fingerprint density at radius 1 is 1.44 bits per heavy atom. The monoisotopic (exact) mass is 235 g/mol. The lowest BCUT2D eigenvalue weighted by atomic mass is 10.2. The molecular weight excluding hydrogens is 222 g/mol. The van der Waals surface area contributed by atoms with Gasteiger partial charge in [-0.15, -0.1) is 5.10 Å². The highest BCUT2D eigenvalue weighted by molar-refractivity contribution is 7.99. The fourth-order valence-electron chi connectivity index (χ4n) is 1.35. The number of nitrogens with two attached hydrogens (primary N) is 1. The minimum Gasteiger partial charge on any atom is -0.326 e. The second-order valence-corrected chi connectivity index (χ2v) is 4.38. The Bertz CT molecular complexity index is 494. The van der Waals surface area contributed by atoms with Crippen LogP contribution in [0.3, 0.4) is 0 Å². The standard InChI is InChI=1S/C10H13N5S/c1-6-3-4-12-9(8(6)5-11)16-10-13-7(2)14-15-10/h3-4H,5,11H2,1-2H3,(H,13,14,15). The third kappa shape index (κ3) is 2.23. The number of rotatable bonds is 3. The maximum absolute atomic E-state index is 5.71. The molecule has 0 radical (unpaired) electrons. The summed E-state index contributed by atoms with van der Waals surface area (Å²) in [5, 5.41) is 8.41. The molecule has 0 saturated heterocycles. The van der Waals surface area contributed by atoms with Gasteiger partial charge in [-0.05, 0) is 37.2 Å². The average Bonchev–Trinajstić information content (AvgIpc) is 2.64. The predicted molar refractivity (Wildman–Crippen MR) is 62.1 cm³/mol. The summed E-state index contributed by atoms with van der Waals surface area (Å²) >= 11 is 1.43. The summed E-state index contributed by atoms with van der Waals surface area (Å²) in [6, 6.07) is 1.95. The van der Waals surface area contributed by atoms with Crippen LogP contribution in [0, 0.1) is 13.8 Å². The first kappa shape index (κ1) is 11.1. The Hall–Kier alpha value is -1.40. The molecule has 0 atom stereocenters. The molecule has 16 heavy (non-hydrogen) atoms. The molecule has 0 aliphatic heterocycles. The van der Waals surface area contributed by atoms with E-state index >= 15 is 0 Å². The lowest BCUT2D eigenvalue weighted by molar-refractivity contribution is 0.926. The van der Waals surface area contributed by atoms with Gasteiger partial charge in [-0.1, -0.05) is 0 Å². The zero-order valence-electron chi connectivity index (χ0n) is 9.19. The van der Waals surface area contributed by atoms with Gasteiger partial charge >= 0.3 is 0 Å². The van der Waals surface area contributed by atoms with Gasteiger partial charge in [-0.3, -0.25) is 5.10 Å². The molecule has 3 N–H and O–H groups in total. The quantitative estimate of drug-likeness (QED) is 0.841. The van der Waals surface area contributed by atoms with Crippen LogP contribution in [0.15, 0.2) is 22.4 Å². The molecule has 0 amide bonds. The predicted octanol–water partition coefficient (Wildman–Crippen LogP) is 1.43. The number of pyridine rings is 1. The fraction of sp³-hybridized carbons (Fsp3) is 0.300. The van der Waals surface area contributed by atoms with E-state index in [2.05, 4.69) is 20.2 Å². The molecule has 0 aliphatic rings. The molecule has 0 saturated carbocycles. The van der Waals surface area contributed by atoms with Crippen molar-refractivity contribution in [3.63, 3.8) is 0 Å². The van der Waals surface area contributed by atoms with E-state index in [1.54, 1.807) is 6.20 Å². The maximum atomic E-state index is 5.71. The van der Waals surface area contributed by atoms with Crippen molar-refractivity contribution in [1.82, 2.24) is 20.2 Å². The third-order valence-corrected chi connectivity index (χ3v) is 3.13. The van der Waals surface area contributed by atoms with E-state index in [1.165, 1.54) is 11.8 Å². The Morgan fingerprint density at radius 2 is 2.25 bits per heavy atom. The van der Waals surface area contributed by atoms with E-state index in [9.17, 15) is 0 Å². The third-order valence-electron chi connectivity index (χ3n) is 2.22. The van der Waals surface area contributed by atoms with Crippen LogP contribution in [0.1, 0.15) is 17.0 Å². The largest absolute Gasteiger partial charge is 0.326 e. The molecule has 0 aliphatic carbocycles. The van der Waals surface area contributed by atoms with Crippen LogP contribution >= 0.6 is 11.8 Å². The maximum Gasteiger partial charge on any atom is 0.214 e. The van der Waals surface area contributed by atoms with E-state index in [0.717, 1.165) is 22.0 Å². The second kappa shape index (κ2) is 4.63. The Kier molecular flexibility index (Phi) is 3.21. The van der Waals surface area contributed by atoms with Gasteiger partial charge in [-0.2, -0.15) is 0 Å². The fourth-order valence-corrected chi connectivity index (χ4v) is 2.28. The smallest absolute Gasteiger partial charge is 0.214 e. The van der Waals surface area contributed by atoms with Crippen LogP contribution in [-0.2, 0) is 6.54 Å². The van der Waals surface area contributed by atoms with Crippen molar-refractivity contribution < 1.29 is 0 Å². The highest BCUT2D eigenvalue weighted by atomic mass is 32.2. The summed E-state index contributed by atoms with van der Waals surface area (Å²) in [6.07, 6.45) is 1.77. The molecule has 0 spiro atoms. The summed E-state index contributed by atoms with van der Waals surface area (Å²) in [7, 11) is 0. The van der Waals surface area contributed by atoms with E-state index in [0.29, 0.717) is 11.7 Å². The van der Waals surface area contributed by atoms with Crippen molar-refractivity contribution in [2.75, 3.05) is 0 Å². The lowest BCUT2D eigenvalue weighted by Gasteiger charge is -2.06. The molecule has 2 heterocycles. The zero-order chi connectivity index (χ0) is 11.5. The van der Waals surface area contributed by atoms with Crippen molar-refractivity contribution in [2.45, 2.75) is 30.6 Å². The molecule has 2 aromatic heterocycles. The van der Waals surface area contributed by atoms with Crippen LogP contribution in [0.4, 0.5) is 0 Å². The molecule has 2 aromatic rings. The van der Waals surface area contributed by atoms with Gasteiger partial charge in [-0.25, -0.2) is 9.97 Å². The second-order valence-electron chi connectivity index (χ2n) is 3.42. The van der Waals surface area contributed by atoms with E-state index < -0.39 is 0 Å². The van der Waals surface area contributed by atoms with Crippen LogP contribution in [0.2, 0.25) is 0 Å². The minimum absolute atomic E-state index is 0.478. The van der Waals surface area contributed by atoms with Crippen LogP contribution in [0.5, 0.6) is 0 Å². The number of nitrogens with one attached hydrogen (secondary N) is 1. The Labute approximate surface area is 97.9 Å². The van der Waals surface area contributed by atoms with E-state index in [-0.39, 0.29) is 0 Å². The molecule has 0 bridgehead atoms. The number of H-pyrrole nitrogens is 1. The number of hydrogen-bond donors (Lipinski definition) is 2. The summed E-state index contributed by atoms with van der Waals surface area (Å²) in [5.41, 5.74) is 7.90. The lowest BCUT2D eigenvalue weighted by Crippen LogP contribution is -2.02. The molecule has 0 fully saturated rings. The number of hydrogen-bond acceptors (Lipinski definition) is 5. The highest BCUT2D eigenvalue weighted by Crippen LogP contribution is 2.27. The Morgan fingerprint density at radius 3 is 2.88 bits per heavy atom. The van der Waals surface area contributed by atoms with Crippen LogP contribution < -0.4 is 5.73 Å². The number of aromatic nitrogens is 4. The van der Waals surface area contributed by atoms with Gasteiger partial charge < -0.3 is 5.73 Å². The summed E-state index contributed by atoms with van der Waals surface area (Å²) < 4.78 is 0. The van der Waals surface area contributed by atoms with Gasteiger partial charge in [0.25, 0.3) is 0 Å². The molecular formula is C10H13N5S. The SMILES string of the molecule is Cc1nc(Sc2nccc(C)c2CN)n[nH]1. The van der Waals surface area contributed by atoms with Crippen LogP contribution in [-0.4, -0.2) is 20.2 Å². The normalized spacial score (nSPS) is 10.7. The number of aromatic amines is 1. The topological polar surface area (TPSA) is 80.5 Å². The first-order valence-electron chi connectivity index (χ1n) is 4.92. The van der Waals surface area contributed by atoms with Crippen molar-refractivity contribution in [2.24, 2.45) is 5.73 Å². The Balaban J connectivity index is 2.30. The van der Waals surface area contributed by atoms with Crippen molar-refractivity contribution in [3.05, 3.63) is 29.2 Å². The van der Waals surface area contributed by atoms with Crippen molar-refractivity contribution >= 4 is 11.8 Å². The number of aryl methyl sites for hydroxylation is 2. The van der Waals surface area contributed by atoms with Gasteiger partial charge in [0, 0.05) is 18.3 Å².